The predicted molar refractivity (Wildman–Crippen MR) is 69.8 cm³/mol. The second-order valence-corrected chi connectivity index (χ2v) is 6.28. The molecule has 1 saturated carbocycles. The summed E-state index contributed by atoms with van der Waals surface area (Å²) in [4.78, 5) is 0. The molecule has 0 radical (unpaired) electrons. The van der Waals surface area contributed by atoms with Crippen LogP contribution in [0, 0.1) is 6.92 Å². The van der Waals surface area contributed by atoms with Crippen molar-refractivity contribution in [3.63, 3.8) is 0 Å². The average Bonchev–Trinajstić information content (AvgIpc) is 3.06. The molecule has 0 unspecified atom stereocenters. The highest BCUT2D eigenvalue weighted by atomic mass is 32.2. The summed E-state index contributed by atoms with van der Waals surface area (Å²) in [7, 11) is -3.85. The second kappa shape index (κ2) is 4.14. The van der Waals surface area contributed by atoms with Crippen molar-refractivity contribution in [2.45, 2.75) is 31.0 Å². The van der Waals surface area contributed by atoms with Crippen LogP contribution >= 0.6 is 0 Å². The minimum Gasteiger partial charge on any atom is -0.294 e. The van der Waals surface area contributed by atoms with E-state index in [2.05, 4.69) is 10.2 Å². The van der Waals surface area contributed by atoms with Crippen LogP contribution in [-0.4, -0.2) is 23.2 Å². The second-order valence-electron chi connectivity index (χ2n) is 4.82. The van der Waals surface area contributed by atoms with Gasteiger partial charge in [0.2, 0.25) is 0 Å². The van der Waals surface area contributed by atoms with E-state index in [1.807, 2.05) is 31.2 Å². The van der Waals surface area contributed by atoms with Gasteiger partial charge in [-0.3, -0.25) is 4.57 Å². The third-order valence-electron chi connectivity index (χ3n) is 3.11. The highest BCUT2D eigenvalue weighted by molar-refractivity contribution is 7.89. The van der Waals surface area contributed by atoms with Crippen molar-refractivity contribution >= 4 is 10.0 Å². The minimum absolute atomic E-state index is 0.138. The quantitative estimate of drug-likeness (QED) is 0.914. The van der Waals surface area contributed by atoms with Gasteiger partial charge >= 0.3 is 0 Å². The van der Waals surface area contributed by atoms with E-state index < -0.39 is 10.0 Å². The zero-order chi connectivity index (χ0) is 13.6. The summed E-state index contributed by atoms with van der Waals surface area (Å²) in [6.45, 7) is 1.97. The Morgan fingerprint density at radius 3 is 2.63 bits per heavy atom. The Labute approximate surface area is 111 Å². The van der Waals surface area contributed by atoms with Gasteiger partial charge in [0.15, 0.2) is 5.82 Å². The summed E-state index contributed by atoms with van der Waals surface area (Å²) in [5, 5.41) is 12.8. The molecule has 7 heteroatoms. The molecular weight excluding hydrogens is 264 g/mol. The molecular formula is C12H14N4O2S. The fraction of sp³-hybridized carbons (Fsp3) is 0.333. The highest BCUT2D eigenvalue weighted by Crippen LogP contribution is 2.39. The van der Waals surface area contributed by atoms with Crippen LogP contribution < -0.4 is 5.14 Å². The van der Waals surface area contributed by atoms with E-state index in [1.54, 1.807) is 4.57 Å². The van der Waals surface area contributed by atoms with Crippen molar-refractivity contribution in [1.82, 2.24) is 14.8 Å². The molecule has 0 aliphatic heterocycles. The Balaban J connectivity index is 2.20. The van der Waals surface area contributed by atoms with Gasteiger partial charge in [-0.1, -0.05) is 23.8 Å². The van der Waals surface area contributed by atoms with Crippen LogP contribution in [0.4, 0.5) is 0 Å². The maximum atomic E-state index is 11.6. The number of aryl methyl sites for hydroxylation is 1. The lowest BCUT2D eigenvalue weighted by molar-refractivity contribution is 0.567. The predicted octanol–water partition coefficient (Wildman–Crippen LogP) is 1.24. The van der Waals surface area contributed by atoms with Gasteiger partial charge in [-0.15, -0.1) is 10.2 Å². The highest BCUT2D eigenvalue weighted by Gasteiger charge is 2.33. The van der Waals surface area contributed by atoms with Crippen LogP contribution in [0.3, 0.4) is 0 Å². The first kappa shape index (κ1) is 12.3. The fourth-order valence-corrected chi connectivity index (χ4v) is 2.78. The molecule has 1 aliphatic carbocycles. The number of aromatic nitrogens is 3. The summed E-state index contributed by atoms with van der Waals surface area (Å²) >= 11 is 0. The molecule has 0 spiro atoms. The van der Waals surface area contributed by atoms with Gasteiger partial charge in [-0.05, 0) is 25.8 Å². The molecule has 0 amide bonds. The van der Waals surface area contributed by atoms with E-state index in [0.29, 0.717) is 5.82 Å². The van der Waals surface area contributed by atoms with Crippen molar-refractivity contribution in [1.29, 1.82) is 0 Å². The minimum atomic E-state index is -3.85. The van der Waals surface area contributed by atoms with Gasteiger partial charge in [0, 0.05) is 11.6 Å². The summed E-state index contributed by atoms with van der Waals surface area (Å²) < 4.78 is 24.7. The summed E-state index contributed by atoms with van der Waals surface area (Å²) in [5.41, 5.74) is 1.94. The van der Waals surface area contributed by atoms with E-state index in [4.69, 9.17) is 5.14 Å². The lowest BCUT2D eigenvalue weighted by Gasteiger charge is -2.08. The Morgan fingerprint density at radius 1 is 1.32 bits per heavy atom. The van der Waals surface area contributed by atoms with Gasteiger partial charge in [-0.2, -0.15) is 0 Å². The Morgan fingerprint density at radius 2 is 2.05 bits per heavy atom. The van der Waals surface area contributed by atoms with E-state index in [-0.39, 0.29) is 11.2 Å². The maximum Gasteiger partial charge on any atom is 0.273 e. The number of primary sulfonamides is 1. The van der Waals surface area contributed by atoms with Crippen LogP contribution in [0.5, 0.6) is 0 Å². The third kappa shape index (κ3) is 2.26. The van der Waals surface area contributed by atoms with E-state index in [9.17, 15) is 8.42 Å². The van der Waals surface area contributed by atoms with E-state index >= 15 is 0 Å². The number of sulfonamides is 1. The van der Waals surface area contributed by atoms with E-state index in [1.165, 1.54) is 0 Å². The summed E-state index contributed by atoms with van der Waals surface area (Å²) in [6.07, 6.45) is 1.86. The smallest absolute Gasteiger partial charge is 0.273 e. The third-order valence-corrected chi connectivity index (χ3v) is 3.89. The molecule has 100 valence electrons. The number of nitrogens with zero attached hydrogens (tertiary/aromatic N) is 3. The van der Waals surface area contributed by atoms with Gasteiger partial charge in [0.25, 0.3) is 15.2 Å². The molecule has 1 aliphatic rings. The Bertz CT molecular complexity index is 732. The summed E-state index contributed by atoms with van der Waals surface area (Å²) in [5.74, 6) is 0.565. The number of hydrogen-bond donors (Lipinski definition) is 1. The molecule has 1 aromatic heterocycles. The maximum absolute atomic E-state index is 11.6. The van der Waals surface area contributed by atoms with Crippen LogP contribution in [0.25, 0.3) is 11.4 Å². The zero-order valence-corrected chi connectivity index (χ0v) is 11.3. The number of benzene rings is 1. The molecule has 2 N–H and O–H groups in total. The molecule has 0 saturated heterocycles. The van der Waals surface area contributed by atoms with Crippen molar-refractivity contribution in [3.8, 4) is 11.4 Å². The molecule has 0 atom stereocenters. The Hall–Kier alpha value is -1.73. The van der Waals surface area contributed by atoms with Crippen LogP contribution in [-0.2, 0) is 10.0 Å². The van der Waals surface area contributed by atoms with Crippen molar-refractivity contribution < 1.29 is 8.42 Å². The summed E-state index contributed by atoms with van der Waals surface area (Å²) in [6, 6.07) is 7.87. The number of rotatable bonds is 3. The molecule has 0 bridgehead atoms. The van der Waals surface area contributed by atoms with E-state index in [0.717, 1.165) is 24.0 Å². The fourth-order valence-electron chi connectivity index (χ4n) is 2.11. The van der Waals surface area contributed by atoms with Gasteiger partial charge < -0.3 is 0 Å². The number of nitrogens with two attached hydrogens (primary N) is 1. The molecule has 19 heavy (non-hydrogen) atoms. The lowest BCUT2D eigenvalue weighted by Crippen LogP contribution is -2.18. The standard InChI is InChI=1S/C12H14N4O2S/c1-8-3-2-4-9(7-8)11-14-15-12(19(13,17)18)16(11)10-5-6-10/h2-4,7,10H,5-6H2,1H3,(H2,13,17,18). The normalized spacial score (nSPS) is 15.7. The Kier molecular flexibility index (Phi) is 2.68. The lowest BCUT2D eigenvalue weighted by atomic mass is 10.1. The van der Waals surface area contributed by atoms with Gasteiger partial charge in [0.1, 0.15) is 0 Å². The molecule has 3 rings (SSSR count). The monoisotopic (exact) mass is 278 g/mol. The van der Waals surface area contributed by atoms with Gasteiger partial charge in [0.05, 0.1) is 0 Å². The first-order chi connectivity index (χ1) is 8.97. The van der Waals surface area contributed by atoms with Crippen molar-refractivity contribution in [2.75, 3.05) is 0 Å². The average molecular weight is 278 g/mol. The first-order valence-corrected chi connectivity index (χ1v) is 7.56. The largest absolute Gasteiger partial charge is 0.294 e. The SMILES string of the molecule is Cc1cccc(-c2nnc(S(N)(=O)=O)n2C2CC2)c1. The van der Waals surface area contributed by atoms with Crippen LogP contribution in [0.1, 0.15) is 24.4 Å². The van der Waals surface area contributed by atoms with Crippen molar-refractivity contribution in [2.24, 2.45) is 5.14 Å². The first-order valence-electron chi connectivity index (χ1n) is 6.01. The van der Waals surface area contributed by atoms with Crippen LogP contribution in [0.15, 0.2) is 29.4 Å². The zero-order valence-electron chi connectivity index (χ0n) is 10.4. The molecule has 6 nitrogen and oxygen atoms in total. The molecule has 1 heterocycles. The topological polar surface area (TPSA) is 90.9 Å². The van der Waals surface area contributed by atoms with Crippen molar-refractivity contribution in [3.05, 3.63) is 29.8 Å². The molecule has 2 aromatic rings. The molecule has 1 aromatic carbocycles. The van der Waals surface area contributed by atoms with Crippen LogP contribution in [0.2, 0.25) is 0 Å². The molecule has 1 fully saturated rings. The number of hydrogen-bond acceptors (Lipinski definition) is 4. The van der Waals surface area contributed by atoms with Gasteiger partial charge in [-0.25, -0.2) is 13.6 Å².